The number of rotatable bonds is 10. The molecule has 0 aliphatic carbocycles. The maximum Gasteiger partial charge on any atom is 0.408 e. The molecule has 4 nitrogen and oxygen atoms in total. The summed E-state index contributed by atoms with van der Waals surface area (Å²) in [4.78, 5) is 0. The van der Waals surface area contributed by atoms with Gasteiger partial charge in [-0.15, -0.1) is 0 Å². The smallest absolute Gasteiger partial charge is 0.297 e. The molecule has 0 aromatic carbocycles. The molecule has 1 atom stereocenters. The highest BCUT2D eigenvalue weighted by Gasteiger charge is 2.35. The Balaban J connectivity index is 2.43. The fourth-order valence-electron chi connectivity index (χ4n) is 2.01. The van der Waals surface area contributed by atoms with Crippen LogP contribution in [0.25, 0.3) is 0 Å². The molecule has 1 aliphatic heterocycles. The molecule has 1 unspecified atom stereocenters. The van der Waals surface area contributed by atoms with Crippen molar-refractivity contribution < 1.29 is 13.6 Å². The molecule has 0 spiro atoms. The average Bonchev–Trinajstić information content (AvgIpc) is 2.91. The zero-order valence-electron chi connectivity index (χ0n) is 11.8. The van der Waals surface area contributed by atoms with Gasteiger partial charge in [0.05, 0.1) is 13.2 Å². The van der Waals surface area contributed by atoms with Crippen LogP contribution in [-0.2, 0) is 13.6 Å². The quantitative estimate of drug-likeness (QED) is 0.438. The van der Waals surface area contributed by atoms with E-state index in [4.69, 9.17) is 20.6 Å². The van der Waals surface area contributed by atoms with Gasteiger partial charge in [-0.25, -0.2) is 9.24 Å². The monoisotopic (exact) mass is 309 g/mol. The first-order chi connectivity index (χ1) is 9.08. The lowest BCUT2D eigenvalue weighted by molar-refractivity contribution is 0.172. The Morgan fingerprint density at radius 1 is 1.26 bits per heavy atom. The SMILES string of the molecule is C=C(Cl)COP(=O)(OCCCCCC)N1CCCC1. The summed E-state index contributed by atoms with van der Waals surface area (Å²) in [6.07, 6.45) is 6.43. The molecule has 1 aliphatic rings. The Bertz CT molecular complexity index is 319. The van der Waals surface area contributed by atoms with Gasteiger partial charge in [0.2, 0.25) is 0 Å². The predicted octanol–water partition coefficient (Wildman–Crippen LogP) is 4.56. The van der Waals surface area contributed by atoms with E-state index >= 15 is 0 Å². The van der Waals surface area contributed by atoms with Gasteiger partial charge in [-0.3, -0.25) is 9.05 Å². The molecular weight excluding hydrogens is 285 g/mol. The number of nitrogens with zero attached hydrogens (tertiary/aromatic N) is 1. The third kappa shape index (κ3) is 6.42. The molecule has 0 bridgehead atoms. The van der Waals surface area contributed by atoms with Crippen molar-refractivity contribution in [1.29, 1.82) is 0 Å². The molecule has 1 heterocycles. The van der Waals surface area contributed by atoms with Gasteiger partial charge in [0.15, 0.2) is 0 Å². The highest BCUT2D eigenvalue weighted by molar-refractivity contribution is 7.51. The first-order valence-corrected chi connectivity index (χ1v) is 8.93. The van der Waals surface area contributed by atoms with E-state index in [0.29, 0.717) is 11.6 Å². The minimum Gasteiger partial charge on any atom is -0.297 e. The topological polar surface area (TPSA) is 38.8 Å². The van der Waals surface area contributed by atoms with E-state index in [1.807, 2.05) is 4.67 Å². The maximum absolute atomic E-state index is 12.7. The van der Waals surface area contributed by atoms with Crippen LogP contribution in [0.1, 0.15) is 45.4 Å². The highest BCUT2D eigenvalue weighted by Crippen LogP contribution is 2.53. The van der Waals surface area contributed by atoms with Crippen molar-refractivity contribution in [1.82, 2.24) is 4.67 Å². The zero-order valence-corrected chi connectivity index (χ0v) is 13.4. The van der Waals surface area contributed by atoms with E-state index in [2.05, 4.69) is 13.5 Å². The number of unbranched alkanes of at least 4 members (excludes halogenated alkanes) is 3. The standard InChI is InChI=1S/C13H25ClNO3P/c1-3-4-5-8-11-17-19(16,18-12-13(2)14)15-9-6-7-10-15/h2-12H2,1H3. The number of hydrogen-bond acceptors (Lipinski definition) is 3. The first kappa shape index (κ1) is 17.2. The Kier molecular flexibility index (Phi) is 8.27. The third-order valence-electron chi connectivity index (χ3n) is 3.07. The second kappa shape index (κ2) is 9.15. The van der Waals surface area contributed by atoms with E-state index in [0.717, 1.165) is 38.8 Å². The van der Waals surface area contributed by atoms with Crippen LogP contribution < -0.4 is 0 Å². The molecule has 0 aromatic rings. The van der Waals surface area contributed by atoms with Crippen LogP contribution in [0, 0.1) is 0 Å². The van der Waals surface area contributed by atoms with E-state index in [1.54, 1.807) is 0 Å². The van der Waals surface area contributed by atoms with E-state index in [1.165, 1.54) is 12.8 Å². The highest BCUT2D eigenvalue weighted by atomic mass is 35.5. The van der Waals surface area contributed by atoms with Crippen LogP contribution in [0.15, 0.2) is 11.6 Å². The fourth-order valence-corrected chi connectivity index (χ4v) is 3.99. The molecule has 1 saturated heterocycles. The van der Waals surface area contributed by atoms with Gasteiger partial charge >= 0.3 is 7.75 Å². The third-order valence-corrected chi connectivity index (χ3v) is 5.23. The lowest BCUT2D eigenvalue weighted by Crippen LogP contribution is -2.20. The number of halogens is 1. The van der Waals surface area contributed by atoms with Crippen molar-refractivity contribution in [3.8, 4) is 0 Å². The van der Waals surface area contributed by atoms with Crippen LogP contribution in [0.2, 0.25) is 0 Å². The van der Waals surface area contributed by atoms with E-state index in [9.17, 15) is 4.57 Å². The Morgan fingerprint density at radius 3 is 2.53 bits per heavy atom. The predicted molar refractivity (Wildman–Crippen MR) is 79.5 cm³/mol. The van der Waals surface area contributed by atoms with Crippen LogP contribution in [0.4, 0.5) is 0 Å². The number of hydrogen-bond donors (Lipinski definition) is 0. The second-order valence-electron chi connectivity index (χ2n) is 4.81. The maximum atomic E-state index is 12.7. The largest absolute Gasteiger partial charge is 0.408 e. The zero-order chi connectivity index (χ0) is 14.1. The minimum atomic E-state index is -3.18. The first-order valence-electron chi connectivity index (χ1n) is 7.06. The van der Waals surface area contributed by atoms with Crippen molar-refractivity contribution in [2.24, 2.45) is 0 Å². The molecule has 112 valence electrons. The van der Waals surface area contributed by atoms with Crippen molar-refractivity contribution in [2.75, 3.05) is 26.3 Å². The molecule has 19 heavy (non-hydrogen) atoms. The average molecular weight is 310 g/mol. The van der Waals surface area contributed by atoms with Crippen LogP contribution in [0.5, 0.6) is 0 Å². The molecule has 6 heteroatoms. The normalized spacial score (nSPS) is 19.5. The van der Waals surface area contributed by atoms with Crippen LogP contribution in [-0.4, -0.2) is 31.0 Å². The van der Waals surface area contributed by atoms with Gasteiger partial charge in [-0.05, 0) is 19.3 Å². The molecule has 1 rings (SSSR count). The van der Waals surface area contributed by atoms with E-state index < -0.39 is 7.75 Å². The van der Waals surface area contributed by atoms with Gasteiger partial charge in [0.1, 0.15) is 0 Å². The molecule has 0 radical (unpaired) electrons. The molecule has 0 aromatic heterocycles. The van der Waals surface area contributed by atoms with Crippen LogP contribution >= 0.6 is 19.3 Å². The Morgan fingerprint density at radius 2 is 1.95 bits per heavy atom. The summed E-state index contributed by atoms with van der Waals surface area (Å²) in [7, 11) is -3.18. The summed E-state index contributed by atoms with van der Waals surface area (Å²) < 4.78 is 25.5. The van der Waals surface area contributed by atoms with Crippen molar-refractivity contribution in [2.45, 2.75) is 45.4 Å². The van der Waals surface area contributed by atoms with Gasteiger partial charge in [-0.2, -0.15) is 0 Å². The fraction of sp³-hybridized carbons (Fsp3) is 0.846. The molecular formula is C13H25ClNO3P. The molecule has 0 saturated carbocycles. The molecule has 0 N–H and O–H groups in total. The Hall–Kier alpha value is 0.140. The lowest BCUT2D eigenvalue weighted by atomic mass is 10.2. The molecule has 1 fully saturated rings. The van der Waals surface area contributed by atoms with Crippen LogP contribution in [0.3, 0.4) is 0 Å². The Labute approximate surface area is 121 Å². The summed E-state index contributed by atoms with van der Waals surface area (Å²) in [6.45, 7) is 7.79. The van der Waals surface area contributed by atoms with Gasteiger partial charge in [-0.1, -0.05) is 44.4 Å². The van der Waals surface area contributed by atoms with Crippen molar-refractivity contribution in [3.63, 3.8) is 0 Å². The summed E-state index contributed by atoms with van der Waals surface area (Å²) in [5, 5.41) is 0.342. The summed E-state index contributed by atoms with van der Waals surface area (Å²) >= 11 is 5.68. The molecule has 0 amide bonds. The van der Waals surface area contributed by atoms with Gasteiger partial charge in [0, 0.05) is 18.1 Å². The summed E-state index contributed by atoms with van der Waals surface area (Å²) in [6, 6.07) is 0. The lowest BCUT2D eigenvalue weighted by Gasteiger charge is -2.26. The van der Waals surface area contributed by atoms with Gasteiger partial charge in [0.25, 0.3) is 0 Å². The van der Waals surface area contributed by atoms with E-state index in [-0.39, 0.29) is 6.61 Å². The van der Waals surface area contributed by atoms with Gasteiger partial charge < -0.3 is 0 Å². The second-order valence-corrected chi connectivity index (χ2v) is 7.37. The summed E-state index contributed by atoms with van der Waals surface area (Å²) in [5.74, 6) is 0. The van der Waals surface area contributed by atoms with Crippen molar-refractivity contribution >= 4 is 19.3 Å². The summed E-state index contributed by atoms with van der Waals surface area (Å²) in [5.41, 5.74) is 0. The van der Waals surface area contributed by atoms with Crippen molar-refractivity contribution in [3.05, 3.63) is 11.6 Å². The minimum absolute atomic E-state index is 0.0737.